The lowest BCUT2D eigenvalue weighted by molar-refractivity contribution is 0.0763. The minimum atomic E-state index is -0.199. The highest BCUT2D eigenvalue weighted by atomic mass is 16.3. The second kappa shape index (κ2) is 6.06. The molecule has 1 fully saturated rings. The summed E-state index contributed by atoms with van der Waals surface area (Å²) in [6, 6.07) is 5.39. The van der Waals surface area contributed by atoms with Gasteiger partial charge in [0.05, 0.1) is 6.10 Å². The van der Waals surface area contributed by atoms with Crippen LogP contribution >= 0.6 is 0 Å². The van der Waals surface area contributed by atoms with Crippen molar-refractivity contribution in [3.05, 3.63) is 23.8 Å². The third-order valence-corrected chi connectivity index (χ3v) is 3.87. The van der Waals surface area contributed by atoms with Crippen LogP contribution in [0.15, 0.2) is 18.2 Å². The molecule has 4 heteroatoms. The van der Waals surface area contributed by atoms with Crippen molar-refractivity contribution in [3.8, 4) is 0 Å². The van der Waals surface area contributed by atoms with Crippen molar-refractivity contribution in [2.75, 3.05) is 17.6 Å². The lowest BCUT2D eigenvalue weighted by atomic mass is 9.86. The van der Waals surface area contributed by atoms with Gasteiger partial charge in [-0.05, 0) is 38.0 Å². The highest BCUT2D eigenvalue weighted by Crippen LogP contribution is 2.25. The minimum Gasteiger partial charge on any atom is -0.398 e. The number of nitrogen functional groups attached to an aromatic ring is 1. The van der Waals surface area contributed by atoms with Crippen LogP contribution in [0.4, 0.5) is 11.4 Å². The molecule has 0 amide bonds. The van der Waals surface area contributed by atoms with Crippen molar-refractivity contribution in [2.24, 2.45) is 5.92 Å². The summed E-state index contributed by atoms with van der Waals surface area (Å²) in [5.41, 5.74) is 7.81. The minimum absolute atomic E-state index is 0.0215. The van der Waals surface area contributed by atoms with E-state index in [-0.39, 0.29) is 11.9 Å². The van der Waals surface area contributed by atoms with E-state index in [1.165, 1.54) is 13.3 Å². The third kappa shape index (κ3) is 3.47. The first kappa shape index (κ1) is 13.9. The number of ketones is 1. The van der Waals surface area contributed by atoms with Crippen molar-refractivity contribution in [3.63, 3.8) is 0 Å². The number of carbonyl (C=O) groups is 1. The van der Waals surface area contributed by atoms with Gasteiger partial charge in [-0.15, -0.1) is 0 Å². The Morgan fingerprint density at radius 2 is 2.16 bits per heavy atom. The number of carbonyl (C=O) groups excluding carboxylic acids is 1. The van der Waals surface area contributed by atoms with Gasteiger partial charge in [0.1, 0.15) is 0 Å². The van der Waals surface area contributed by atoms with Gasteiger partial charge < -0.3 is 16.2 Å². The molecule has 4 nitrogen and oxygen atoms in total. The largest absolute Gasteiger partial charge is 0.398 e. The Hall–Kier alpha value is -1.55. The topological polar surface area (TPSA) is 75.3 Å². The number of benzene rings is 1. The molecule has 0 aliphatic heterocycles. The van der Waals surface area contributed by atoms with Gasteiger partial charge in [0.15, 0.2) is 5.78 Å². The maximum Gasteiger partial charge on any atom is 0.161 e. The number of rotatable bonds is 4. The molecule has 0 bridgehead atoms. The molecule has 1 aromatic rings. The van der Waals surface area contributed by atoms with Crippen LogP contribution in [0.1, 0.15) is 43.0 Å². The van der Waals surface area contributed by atoms with Crippen LogP contribution in [0.5, 0.6) is 0 Å². The fourth-order valence-electron chi connectivity index (χ4n) is 2.67. The van der Waals surface area contributed by atoms with E-state index < -0.39 is 0 Å². The summed E-state index contributed by atoms with van der Waals surface area (Å²) in [6.07, 6.45) is 4.08. The Morgan fingerprint density at radius 3 is 2.79 bits per heavy atom. The number of aliphatic hydroxyl groups is 1. The molecular weight excluding hydrogens is 240 g/mol. The molecule has 0 saturated heterocycles. The van der Waals surface area contributed by atoms with Gasteiger partial charge >= 0.3 is 0 Å². The third-order valence-electron chi connectivity index (χ3n) is 3.87. The van der Waals surface area contributed by atoms with Gasteiger partial charge in [0, 0.05) is 29.4 Å². The lowest BCUT2D eigenvalue weighted by Gasteiger charge is -2.28. The van der Waals surface area contributed by atoms with Crippen LogP contribution in [0.25, 0.3) is 0 Å². The number of nitrogens with one attached hydrogen (secondary N) is 1. The van der Waals surface area contributed by atoms with Gasteiger partial charge in [0.25, 0.3) is 0 Å². The number of Topliss-reactive ketones (excluding diaryl/α,β-unsaturated/α-hetero) is 1. The standard InChI is InChI=1S/C15H22N2O2/c1-10(18)13-7-6-12(8-14(13)16)17-9-11-4-2-3-5-15(11)19/h6-8,11,15,17,19H,2-5,9,16H2,1H3. The lowest BCUT2D eigenvalue weighted by Crippen LogP contribution is -2.30. The van der Waals surface area contributed by atoms with E-state index in [0.29, 0.717) is 17.2 Å². The number of anilines is 2. The quantitative estimate of drug-likeness (QED) is 0.575. The van der Waals surface area contributed by atoms with Crippen LogP contribution in [-0.2, 0) is 0 Å². The van der Waals surface area contributed by atoms with E-state index in [9.17, 15) is 9.90 Å². The molecule has 2 rings (SSSR count). The van der Waals surface area contributed by atoms with Gasteiger partial charge in [-0.2, -0.15) is 0 Å². The number of hydrogen-bond acceptors (Lipinski definition) is 4. The Bertz CT molecular complexity index is 459. The normalized spacial score (nSPS) is 23.1. The first-order chi connectivity index (χ1) is 9.08. The average molecular weight is 262 g/mol. The molecule has 2 unspecified atom stereocenters. The molecule has 2 atom stereocenters. The van der Waals surface area contributed by atoms with E-state index in [1.54, 1.807) is 12.1 Å². The Morgan fingerprint density at radius 1 is 1.42 bits per heavy atom. The maximum atomic E-state index is 11.3. The Kier molecular flexibility index (Phi) is 4.43. The van der Waals surface area contributed by atoms with E-state index in [1.807, 2.05) is 6.07 Å². The molecule has 104 valence electrons. The first-order valence-corrected chi connectivity index (χ1v) is 6.90. The average Bonchev–Trinajstić information content (AvgIpc) is 2.37. The number of hydrogen-bond donors (Lipinski definition) is 3. The van der Waals surface area contributed by atoms with Crippen molar-refractivity contribution in [1.82, 2.24) is 0 Å². The summed E-state index contributed by atoms with van der Waals surface area (Å²) < 4.78 is 0. The highest BCUT2D eigenvalue weighted by Gasteiger charge is 2.22. The maximum absolute atomic E-state index is 11.3. The van der Waals surface area contributed by atoms with Crippen molar-refractivity contribution >= 4 is 17.2 Å². The summed E-state index contributed by atoms with van der Waals surface area (Å²) in [4.78, 5) is 11.3. The number of aliphatic hydroxyl groups excluding tert-OH is 1. The van der Waals surface area contributed by atoms with Gasteiger partial charge in [-0.25, -0.2) is 0 Å². The second-order valence-electron chi connectivity index (χ2n) is 5.35. The molecule has 19 heavy (non-hydrogen) atoms. The fraction of sp³-hybridized carbons (Fsp3) is 0.533. The molecule has 0 spiro atoms. The van der Waals surface area contributed by atoms with Gasteiger partial charge in [-0.1, -0.05) is 12.8 Å². The zero-order chi connectivity index (χ0) is 13.8. The van der Waals surface area contributed by atoms with Crippen LogP contribution in [0, 0.1) is 5.92 Å². The molecule has 1 aromatic carbocycles. The zero-order valence-corrected chi connectivity index (χ0v) is 11.4. The zero-order valence-electron chi connectivity index (χ0n) is 11.4. The van der Waals surface area contributed by atoms with E-state index in [4.69, 9.17) is 5.73 Å². The summed E-state index contributed by atoms with van der Waals surface area (Å²) in [5.74, 6) is 0.286. The van der Waals surface area contributed by atoms with Crippen molar-refractivity contribution in [1.29, 1.82) is 0 Å². The number of nitrogens with two attached hydrogens (primary N) is 1. The van der Waals surface area contributed by atoms with Crippen molar-refractivity contribution < 1.29 is 9.90 Å². The Balaban J connectivity index is 1.96. The van der Waals surface area contributed by atoms with Gasteiger partial charge in [0.2, 0.25) is 0 Å². The molecular formula is C15H22N2O2. The monoisotopic (exact) mass is 262 g/mol. The molecule has 1 saturated carbocycles. The van der Waals surface area contributed by atoms with E-state index in [2.05, 4.69) is 5.32 Å². The molecule has 4 N–H and O–H groups in total. The molecule has 0 aromatic heterocycles. The van der Waals surface area contributed by atoms with Gasteiger partial charge in [-0.3, -0.25) is 4.79 Å². The molecule has 1 aliphatic rings. The van der Waals surface area contributed by atoms with E-state index in [0.717, 1.165) is 31.5 Å². The summed E-state index contributed by atoms with van der Waals surface area (Å²) >= 11 is 0. The summed E-state index contributed by atoms with van der Waals surface area (Å²) in [7, 11) is 0. The highest BCUT2D eigenvalue weighted by molar-refractivity contribution is 5.99. The predicted octanol–water partition coefficient (Wildman–Crippen LogP) is 2.43. The summed E-state index contributed by atoms with van der Waals surface area (Å²) in [6.45, 7) is 2.26. The SMILES string of the molecule is CC(=O)c1ccc(NCC2CCCCC2O)cc1N. The van der Waals surface area contributed by atoms with Crippen molar-refractivity contribution in [2.45, 2.75) is 38.7 Å². The molecule has 1 aliphatic carbocycles. The smallest absolute Gasteiger partial charge is 0.161 e. The first-order valence-electron chi connectivity index (χ1n) is 6.90. The fourth-order valence-corrected chi connectivity index (χ4v) is 2.67. The molecule has 0 radical (unpaired) electrons. The van der Waals surface area contributed by atoms with Crippen LogP contribution < -0.4 is 11.1 Å². The van der Waals surface area contributed by atoms with E-state index >= 15 is 0 Å². The van der Waals surface area contributed by atoms with Crippen LogP contribution in [0.3, 0.4) is 0 Å². The second-order valence-corrected chi connectivity index (χ2v) is 5.35. The Labute approximate surface area is 114 Å². The predicted molar refractivity (Wildman–Crippen MR) is 77.3 cm³/mol. The molecule has 0 heterocycles. The van der Waals surface area contributed by atoms with Crippen LogP contribution in [0.2, 0.25) is 0 Å². The van der Waals surface area contributed by atoms with Crippen LogP contribution in [-0.4, -0.2) is 23.5 Å². The summed E-state index contributed by atoms with van der Waals surface area (Å²) in [5, 5.41) is 13.2.